The van der Waals surface area contributed by atoms with E-state index in [1.54, 1.807) is 0 Å². The molecule has 0 unspecified atom stereocenters. The Bertz CT molecular complexity index is 1000. The number of nitro groups is 1. The van der Waals surface area contributed by atoms with Crippen LogP contribution in [-0.2, 0) is 10.0 Å². The average Bonchev–Trinajstić information content (AvgIpc) is 2.70. The molecule has 2 N–H and O–H groups in total. The predicted molar refractivity (Wildman–Crippen MR) is 113 cm³/mol. The van der Waals surface area contributed by atoms with E-state index in [1.807, 2.05) is 0 Å². The lowest BCUT2D eigenvalue weighted by Gasteiger charge is -2.12. The number of hydrogen-bond acceptors (Lipinski definition) is 6. The van der Waals surface area contributed by atoms with Gasteiger partial charge in [0.15, 0.2) is 0 Å². The van der Waals surface area contributed by atoms with E-state index in [0.29, 0.717) is 18.0 Å². The number of nitrogens with one attached hydrogen (secondary N) is 2. The minimum absolute atomic E-state index is 0.0568. The fourth-order valence-electron chi connectivity index (χ4n) is 2.69. The maximum atomic E-state index is 12.7. The highest BCUT2D eigenvalue weighted by Crippen LogP contribution is 2.30. The Labute approximate surface area is 175 Å². The van der Waals surface area contributed by atoms with Crippen molar-refractivity contribution < 1.29 is 22.9 Å². The molecule has 0 aliphatic carbocycles. The van der Waals surface area contributed by atoms with Crippen LogP contribution in [0, 0.1) is 16.0 Å². The number of rotatable bonds is 10. The summed E-state index contributed by atoms with van der Waals surface area (Å²) in [5.74, 6) is 0.418. The van der Waals surface area contributed by atoms with E-state index in [9.17, 15) is 23.3 Å². The minimum atomic E-state index is -4.05. The Kier molecular flexibility index (Phi) is 7.76. The molecule has 2 rings (SSSR count). The molecule has 0 saturated carbocycles. The van der Waals surface area contributed by atoms with Crippen molar-refractivity contribution in [1.82, 2.24) is 5.32 Å². The zero-order chi connectivity index (χ0) is 22.3. The van der Waals surface area contributed by atoms with E-state index in [1.165, 1.54) is 43.5 Å². The normalized spacial score (nSPS) is 11.2. The van der Waals surface area contributed by atoms with Gasteiger partial charge in [-0.05, 0) is 49.1 Å². The second-order valence-corrected chi connectivity index (χ2v) is 8.75. The van der Waals surface area contributed by atoms with Gasteiger partial charge in [-0.15, -0.1) is 0 Å². The van der Waals surface area contributed by atoms with Crippen LogP contribution in [0.2, 0.25) is 0 Å². The first-order valence-corrected chi connectivity index (χ1v) is 10.9. The molecule has 9 nitrogen and oxygen atoms in total. The van der Waals surface area contributed by atoms with Crippen LogP contribution in [-0.4, -0.2) is 32.9 Å². The molecule has 2 aromatic rings. The van der Waals surface area contributed by atoms with Crippen molar-refractivity contribution in [3.63, 3.8) is 0 Å². The van der Waals surface area contributed by atoms with Gasteiger partial charge in [0, 0.05) is 24.2 Å². The number of benzene rings is 2. The van der Waals surface area contributed by atoms with Crippen molar-refractivity contribution in [1.29, 1.82) is 0 Å². The predicted octanol–water partition coefficient (Wildman–Crippen LogP) is 3.57. The van der Waals surface area contributed by atoms with Gasteiger partial charge in [-0.25, -0.2) is 8.42 Å². The zero-order valence-corrected chi connectivity index (χ0v) is 17.9. The fourth-order valence-corrected chi connectivity index (χ4v) is 3.75. The van der Waals surface area contributed by atoms with Crippen molar-refractivity contribution in [3.8, 4) is 5.75 Å². The van der Waals surface area contributed by atoms with Gasteiger partial charge in [-0.1, -0.05) is 13.8 Å². The summed E-state index contributed by atoms with van der Waals surface area (Å²) in [6, 6.07) is 9.03. The van der Waals surface area contributed by atoms with Gasteiger partial charge >= 0.3 is 0 Å². The number of sulfonamides is 1. The Morgan fingerprint density at radius 2 is 1.83 bits per heavy atom. The highest BCUT2D eigenvalue weighted by Gasteiger charge is 2.19. The number of amides is 1. The third-order valence-corrected chi connectivity index (χ3v) is 5.69. The van der Waals surface area contributed by atoms with Crippen LogP contribution in [0.4, 0.5) is 11.4 Å². The smallest absolute Gasteiger partial charge is 0.271 e. The zero-order valence-electron chi connectivity index (χ0n) is 17.0. The number of carbonyl (C=O) groups is 1. The molecule has 0 aliphatic heterocycles. The van der Waals surface area contributed by atoms with Crippen molar-refractivity contribution in [2.45, 2.75) is 31.6 Å². The molecular weight excluding hydrogens is 410 g/mol. The molecule has 0 atom stereocenters. The van der Waals surface area contributed by atoms with E-state index in [0.717, 1.165) is 18.9 Å². The summed E-state index contributed by atoms with van der Waals surface area (Å²) in [6.07, 6.45) is 1.87. The molecule has 0 aromatic heterocycles. The van der Waals surface area contributed by atoms with Crippen molar-refractivity contribution in [2.24, 2.45) is 5.92 Å². The fraction of sp³-hybridized carbons (Fsp3) is 0.350. The summed E-state index contributed by atoms with van der Waals surface area (Å²) in [6.45, 7) is 4.77. The second-order valence-electron chi connectivity index (χ2n) is 7.06. The molecule has 0 fully saturated rings. The summed E-state index contributed by atoms with van der Waals surface area (Å²) < 4.78 is 32.7. The van der Waals surface area contributed by atoms with Crippen LogP contribution in [0.5, 0.6) is 5.75 Å². The maximum Gasteiger partial charge on any atom is 0.271 e. The molecule has 0 spiro atoms. The lowest BCUT2D eigenvalue weighted by Crippen LogP contribution is -2.24. The Balaban J connectivity index is 2.13. The second kappa shape index (κ2) is 10.1. The molecule has 0 bridgehead atoms. The van der Waals surface area contributed by atoms with E-state index < -0.39 is 14.9 Å². The van der Waals surface area contributed by atoms with E-state index in [-0.39, 0.29) is 27.9 Å². The summed E-state index contributed by atoms with van der Waals surface area (Å²) in [7, 11) is -2.72. The molecule has 0 radical (unpaired) electrons. The van der Waals surface area contributed by atoms with Gasteiger partial charge in [-0.2, -0.15) is 0 Å². The number of nitrogens with zero attached hydrogens (tertiary/aromatic N) is 1. The molecule has 0 saturated heterocycles. The minimum Gasteiger partial charge on any atom is -0.495 e. The highest BCUT2D eigenvalue weighted by atomic mass is 32.2. The largest absolute Gasteiger partial charge is 0.495 e. The highest BCUT2D eigenvalue weighted by molar-refractivity contribution is 7.92. The topological polar surface area (TPSA) is 128 Å². The molecule has 0 heterocycles. The van der Waals surface area contributed by atoms with Gasteiger partial charge in [0.05, 0.1) is 22.6 Å². The molecule has 0 aliphatic rings. The van der Waals surface area contributed by atoms with Gasteiger partial charge < -0.3 is 10.1 Å². The van der Waals surface area contributed by atoms with Crippen molar-refractivity contribution >= 4 is 27.3 Å². The van der Waals surface area contributed by atoms with E-state index >= 15 is 0 Å². The van der Waals surface area contributed by atoms with E-state index in [2.05, 4.69) is 23.9 Å². The van der Waals surface area contributed by atoms with Crippen molar-refractivity contribution in [2.75, 3.05) is 18.4 Å². The monoisotopic (exact) mass is 435 g/mol. The summed E-state index contributed by atoms with van der Waals surface area (Å²) in [4.78, 5) is 22.4. The number of carbonyl (C=O) groups excluding carboxylic acids is 1. The first-order chi connectivity index (χ1) is 14.1. The lowest BCUT2D eigenvalue weighted by atomic mass is 10.1. The van der Waals surface area contributed by atoms with Crippen LogP contribution in [0.3, 0.4) is 0 Å². The summed E-state index contributed by atoms with van der Waals surface area (Å²) >= 11 is 0. The maximum absolute atomic E-state index is 12.7. The molecular formula is C20H25N3O6S. The molecule has 1 amide bonds. The van der Waals surface area contributed by atoms with Crippen LogP contribution in [0.25, 0.3) is 0 Å². The number of non-ortho nitro benzene ring substituents is 1. The first-order valence-electron chi connectivity index (χ1n) is 9.37. The average molecular weight is 436 g/mol. The standard InChI is InChI=1S/C20H25N3O6S/c1-14(2)5-4-12-21-20(24)15-6-9-17(10-7-15)30(27,28)22-18-13-16(23(25)26)8-11-19(18)29-3/h6-11,13-14,22H,4-5,12H2,1-3H3,(H,21,24). The summed E-state index contributed by atoms with van der Waals surface area (Å²) in [5.41, 5.74) is 0.00286. The van der Waals surface area contributed by atoms with Gasteiger partial charge in [0.1, 0.15) is 5.75 Å². The van der Waals surface area contributed by atoms with Crippen LogP contribution in [0.1, 0.15) is 37.0 Å². The Morgan fingerprint density at radius 3 is 2.40 bits per heavy atom. The van der Waals surface area contributed by atoms with Crippen molar-refractivity contribution in [3.05, 3.63) is 58.1 Å². The van der Waals surface area contributed by atoms with Gasteiger partial charge in [0.25, 0.3) is 21.6 Å². The van der Waals surface area contributed by atoms with Crippen LogP contribution < -0.4 is 14.8 Å². The number of ether oxygens (including phenoxy) is 1. The van der Waals surface area contributed by atoms with Crippen LogP contribution >= 0.6 is 0 Å². The number of hydrogen-bond donors (Lipinski definition) is 2. The molecule has 30 heavy (non-hydrogen) atoms. The summed E-state index contributed by atoms with van der Waals surface area (Å²) in [5, 5.41) is 13.8. The van der Waals surface area contributed by atoms with Gasteiger partial charge in [0.2, 0.25) is 0 Å². The first kappa shape index (κ1) is 23.1. The molecule has 10 heteroatoms. The third-order valence-electron chi connectivity index (χ3n) is 4.31. The quantitative estimate of drug-likeness (QED) is 0.334. The van der Waals surface area contributed by atoms with E-state index in [4.69, 9.17) is 4.74 Å². The Hall–Kier alpha value is -3.14. The number of anilines is 1. The van der Waals surface area contributed by atoms with Gasteiger partial charge in [-0.3, -0.25) is 19.6 Å². The number of methoxy groups -OCH3 is 1. The number of nitro benzene ring substituents is 1. The lowest BCUT2D eigenvalue weighted by molar-refractivity contribution is -0.384. The third kappa shape index (κ3) is 6.18. The van der Waals surface area contributed by atoms with Crippen LogP contribution in [0.15, 0.2) is 47.4 Å². The molecule has 162 valence electrons. The SMILES string of the molecule is COc1ccc([N+](=O)[O-])cc1NS(=O)(=O)c1ccc(C(=O)NCCCC(C)C)cc1. The Morgan fingerprint density at radius 1 is 1.17 bits per heavy atom. The molecule has 2 aromatic carbocycles.